The van der Waals surface area contributed by atoms with Gasteiger partial charge >= 0.3 is 6.68 Å². The molecule has 3 aliphatic rings. The van der Waals surface area contributed by atoms with Crippen molar-refractivity contribution in [1.29, 1.82) is 0 Å². The van der Waals surface area contributed by atoms with E-state index in [-0.39, 0.29) is 30.9 Å². The first-order valence-corrected chi connectivity index (χ1v) is 11.8. The molecule has 4 rings (SSSR count). The highest BCUT2D eigenvalue weighted by Crippen LogP contribution is 2.56. The lowest BCUT2D eigenvalue weighted by molar-refractivity contribution is -0.130. The Morgan fingerprint density at radius 2 is 1.84 bits per heavy atom. The van der Waals surface area contributed by atoms with Gasteiger partial charge in [-0.3, -0.25) is 14.5 Å². The largest absolute Gasteiger partial charge is 0.493 e. The van der Waals surface area contributed by atoms with Crippen molar-refractivity contribution in [2.24, 2.45) is 22.6 Å². The number of halogens is 5. The van der Waals surface area contributed by atoms with Gasteiger partial charge in [0.25, 0.3) is 5.92 Å². The van der Waals surface area contributed by atoms with Gasteiger partial charge < -0.3 is 15.8 Å². The molecule has 7 nitrogen and oxygen atoms in total. The number of para-hydroxylation sites is 1. The molecule has 1 fully saturated rings. The zero-order valence-electron chi connectivity index (χ0n) is 20.6. The van der Waals surface area contributed by atoms with Crippen LogP contribution in [0.25, 0.3) is 0 Å². The van der Waals surface area contributed by atoms with E-state index in [1.54, 1.807) is 6.07 Å². The zero-order valence-corrected chi connectivity index (χ0v) is 20.6. The second-order valence-corrected chi connectivity index (χ2v) is 8.82. The van der Waals surface area contributed by atoms with Crippen LogP contribution in [0.15, 0.2) is 29.3 Å². The smallest absolute Gasteiger partial charge is 0.379 e. The molecule has 1 aromatic carbocycles. The summed E-state index contributed by atoms with van der Waals surface area (Å²) in [4.78, 5) is 30.9. The number of ether oxygens (including phenoxy) is 1. The van der Waals surface area contributed by atoms with Gasteiger partial charge in [-0.25, -0.2) is 13.8 Å². The number of fused-ring (bicyclic) bond motifs is 1. The van der Waals surface area contributed by atoms with E-state index in [4.69, 9.17) is 10.5 Å². The van der Waals surface area contributed by atoms with Crippen LogP contribution in [0.5, 0.6) is 5.75 Å². The predicted octanol–water partition coefficient (Wildman–Crippen LogP) is 4.04. The summed E-state index contributed by atoms with van der Waals surface area (Å²) in [6, 6.07) is 6.87. The van der Waals surface area contributed by atoms with Crippen LogP contribution in [0, 0.1) is 24.7 Å². The zero-order chi connectivity index (χ0) is 28.0. The number of carbonyl (C=O) groups is 2. The normalized spacial score (nSPS) is 24.7. The van der Waals surface area contributed by atoms with E-state index in [9.17, 15) is 31.5 Å². The number of nitrogens with zero attached hydrogens (tertiary/aromatic N) is 2. The van der Waals surface area contributed by atoms with E-state index in [0.717, 1.165) is 10.5 Å². The maximum atomic E-state index is 14.6. The van der Waals surface area contributed by atoms with Crippen LogP contribution < -0.4 is 15.8 Å². The third-order valence-corrected chi connectivity index (χ3v) is 6.86. The minimum atomic E-state index is -3.67. The predicted molar refractivity (Wildman–Crippen MR) is 128 cm³/mol. The molecule has 3 atom stereocenters. The number of hydrogen-bond donors (Lipinski definition) is 2. The molecule has 37 heavy (non-hydrogen) atoms. The molecule has 1 aliphatic carbocycles. The van der Waals surface area contributed by atoms with Crippen LogP contribution in [0.1, 0.15) is 51.1 Å². The molecule has 0 saturated heterocycles. The highest BCUT2D eigenvalue weighted by atomic mass is 19.4. The van der Waals surface area contributed by atoms with Gasteiger partial charge in [0.15, 0.2) is 5.96 Å². The second kappa shape index (κ2) is 12.3. The van der Waals surface area contributed by atoms with Crippen molar-refractivity contribution >= 4 is 17.8 Å². The third kappa shape index (κ3) is 6.70. The summed E-state index contributed by atoms with van der Waals surface area (Å²) >= 11 is 0. The Morgan fingerprint density at radius 3 is 2.41 bits per heavy atom. The van der Waals surface area contributed by atoms with E-state index < -0.39 is 35.9 Å². The molecule has 2 amide bonds. The van der Waals surface area contributed by atoms with Gasteiger partial charge in [0, 0.05) is 18.5 Å². The van der Waals surface area contributed by atoms with Gasteiger partial charge in [0.1, 0.15) is 11.7 Å². The Hall–Kier alpha value is -3.36. The van der Waals surface area contributed by atoms with Crippen LogP contribution in [-0.2, 0) is 9.59 Å². The molecule has 0 aromatic heterocycles. The fourth-order valence-electron chi connectivity index (χ4n) is 4.63. The van der Waals surface area contributed by atoms with E-state index in [1.807, 2.05) is 32.0 Å². The van der Waals surface area contributed by atoms with Crippen molar-refractivity contribution in [2.45, 2.75) is 63.7 Å². The summed E-state index contributed by atoms with van der Waals surface area (Å²) in [6.07, 6.45) is 9.92. The average Bonchev–Trinajstić information content (AvgIpc) is 3.42. The number of nitrogens with one attached hydrogen (secondary N) is 1. The summed E-state index contributed by atoms with van der Waals surface area (Å²) in [7, 11) is 0. The highest BCUT2D eigenvalue weighted by molar-refractivity contribution is 5.99. The Balaban J connectivity index is 0.000000733. The van der Waals surface area contributed by atoms with Crippen molar-refractivity contribution in [2.75, 3.05) is 13.2 Å². The van der Waals surface area contributed by atoms with Crippen molar-refractivity contribution in [1.82, 2.24) is 10.2 Å². The Labute approximate surface area is 212 Å². The van der Waals surface area contributed by atoms with Crippen molar-refractivity contribution < 1.29 is 36.3 Å². The molecule has 204 valence electrons. The summed E-state index contributed by atoms with van der Waals surface area (Å²) in [5.41, 5.74) is 6.19. The van der Waals surface area contributed by atoms with Gasteiger partial charge in [-0.05, 0) is 18.9 Å². The monoisotopic (exact) mass is 530 g/mol. The molecule has 0 radical (unpaired) electrons. The number of alkyl halides is 5. The number of hydrogen-bond acceptors (Lipinski definition) is 5. The highest BCUT2D eigenvalue weighted by Gasteiger charge is 2.72. The maximum Gasteiger partial charge on any atom is 0.379 e. The van der Waals surface area contributed by atoms with Gasteiger partial charge in [0.05, 0.1) is 30.5 Å². The number of rotatable bonds is 6. The summed E-state index contributed by atoms with van der Waals surface area (Å²) in [5, 5.41) is 2.75. The second-order valence-electron chi connectivity index (χ2n) is 8.82. The SMILES string of the molecule is C#C.CCC1(CC)CC(=O)N(CC2C(C(=O)N[C@H]3CCOc4ccccc43)C2(F)F)C(N)=N1.FC(F)F. The number of nitrogens with two attached hydrogens (primary N) is 1. The maximum absolute atomic E-state index is 14.6. The average molecular weight is 531 g/mol. The van der Waals surface area contributed by atoms with Crippen LogP contribution in [0.3, 0.4) is 0 Å². The molecule has 3 N–H and O–H groups in total. The van der Waals surface area contributed by atoms with Gasteiger partial charge in [-0.2, -0.15) is 13.2 Å². The van der Waals surface area contributed by atoms with E-state index in [2.05, 4.69) is 23.2 Å². The minimum Gasteiger partial charge on any atom is -0.493 e. The Kier molecular flexibility index (Phi) is 9.89. The Bertz CT molecular complexity index is 1010. The summed E-state index contributed by atoms with van der Waals surface area (Å²) in [6.45, 7) is 0.269. The lowest BCUT2D eigenvalue weighted by Gasteiger charge is -2.36. The number of amides is 2. The number of carbonyl (C=O) groups excluding carboxylic acids is 2. The van der Waals surface area contributed by atoms with E-state index in [1.165, 1.54) is 0 Å². The molecular formula is C25H31F5N4O3. The minimum absolute atomic E-state index is 0.0415. The molecular weight excluding hydrogens is 499 g/mol. The summed E-state index contributed by atoms with van der Waals surface area (Å²) in [5.74, 6) is -6.40. The molecule has 12 heteroatoms. The van der Waals surface area contributed by atoms with Crippen LogP contribution in [0.2, 0.25) is 0 Å². The van der Waals surface area contributed by atoms with E-state index >= 15 is 0 Å². The standard InChI is InChI=1S/C22H28F2N4O3.C2H2.CHF3/c1-3-21(4-2)11-17(29)28(20(25)27-21)12-14-18(22(14,23)24)19(30)26-15-9-10-31-16-8-6-5-7-13(15)16;1-2;2-1(3)4/h5-8,14-15,18H,3-4,9-12H2,1-2H3,(H2,25,27)(H,26,30);1-2H;1H/t14?,15-,18?;;/m0../s1. The first-order chi connectivity index (χ1) is 17.5. The number of benzene rings is 1. The van der Waals surface area contributed by atoms with Gasteiger partial charge in [-0.15, -0.1) is 12.8 Å². The lowest BCUT2D eigenvalue weighted by atomic mass is 9.88. The quantitative estimate of drug-likeness (QED) is 0.429. The van der Waals surface area contributed by atoms with Gasteiger partial charge in [0.2, 0.25) is 11.8 Å². The van der Waals surface area contributed by atoms with Crippen LogP contribution >= 0.6 is 0 Å². The van der Waals surface area contributed by atoms with E-state index in [0.29, 0.717) is 31.6 Å². The molecule has 1 saturated carbocycles. The third-order valence-electron chi connectivity index (χ3n) is 6.86. The van der Waals surface area contributed by atoms with Crippen LogP contribution in [-0.4, -0.2) is 54.0 Å². The molecule has 1 aromatic rings. The topological polar surface area (TPSA) is 97.0 Å². The number of aliphatic imine (C=N–C) groups is 1. The first kappa shape index (κ1) is 29.9. The molecule has 2 aliphatic heterocycles. The summed E-state index contributed by atoms with van der Waals surface area (Å²) < 4.78 is 63.7. The number of guanidine groups is 1. The Morgan fingerprint density at radius 1 is 1.24 bits per heavy atom. The van der Waals surface area contributed by atoms with Crippen molar-refractivity contribution in [3.8, 4) is 18.6 Å². The fourth-order valence-corrected chi connectivity index (χ4v) is 4.63. The van der Waals surface area contributed by atoms with Crippen molar-refractivity contribution in [3.05, 3.63) is 29.8 Å². The number of terminal acetylenes is 1. The molecule has 0 spiro atoms. The van der Waals surface area contributed by atoms with Crippen LogP contribution in [0.4, 0.5) is 22.0 Å². The fraction of sp³-hybridized carbons (Fsp3) is 0.560. The molecule has 2 unspecified atom stereocenters. The van der Waals surface area contributed by atoms with Crippen molar-refractivity contribution in [3.63, 3.8) is 0 Å². The molecule has 0 bridgehead atoms. The molecule has 2 heterocycles. The first-order valence-electron chi connectivity index (χ1n) is 11.8. The van der Waals surface area contributed by atoms with Gasteiger partial charge in [-0.1, -0.05) is 32.0 Å². The lowest BCUT2D eigenvalue weighted by Crippen LogP contribution is -2.52.